The highest BCUT2D eigenvalue weighted by Crippen LogP contribution is 2.03. The van der Waals surface area contributed by atoms with Crippen LogP contribution in [0.25, 0.3) is 0 Å². The normalized spacial score (nSPS) is 12.1. The first-order valence-corrected chi connectivity index (χ1v) is 6.67. The Kier molecular flexibility index (Phi) is 7.11. The maximum absolute atomic E-state index is 11.7. The summed E-state index contributed by atoms with van der Waals surface area (Å²) >= 11 is 0. The zero-order chi connectivity index (χ0) is 13.2. The van der Waals surface area contributed by atoms with Gasteiger partial charge >= 0.3 is 0 Å². The van der Waals surface area contributed by atoms with E-state index in [0.29, 0.717) is 6.61 Å². The zero-order valence-electron chi connectivity index (χ0n) is 11.3. The molecule has 100 valence electrons. The second kappa shape index (κ2) is 8.70. The van der Waals surface area contributed by atoms with Crippen LogP contribution in [0.2, 0.25) is 0 Å². The molecule has 1 rings (SSSR count). The van der Waals surface area contributed by atoms with Crippen molar-refractivity contribution in [1.82, 2.24) is 5.32 Å². The number of carbonyl (C=O) groups is 1. The molecule has 0 saturated heterocycles. The summed E-state index contributed by atoms with van der Waals surface area (Å²) < 4.78 is 5.53. The van der Waals surface area contributed by atoms with Crippen LogP contribution >= 0.6 is 0 Å². The van der Waals surface area contributed by atoms with Crippen LogP contribution in [0.3, 0.4) is 0 Å². The van der Waals surface area contributed by atoms with E-state index in [9.17, 15) is 4.79 Å². The van der Waals surface area contributed by atoms with E-state index in [1.807, 2.05) is 30.3 Å². The molecule has 0 saturated carbocycles. The molecule has 3 nitrogen and oxygen atoms in total. The van der Waals surface area contributed by atoms with Gasteiger partial charge in [0.2, 0.25) is 5.91 Å². The number of ether oxygens (including phenoxy) is 1. The lowest BCUT2D eigenvalue weighted by Gasteiger charge is -2.13. The molecule has 1 unspecified atom stereocenters. The standard InChI is InChI=1S/C15H23NO2/c1-3-4-8-11-16-15(17)13(2)18-12-14-9-6-5-7-10-14/h5-7,9-10,13H,3-4,8,11-12H2,1-2H3,(H,16,17). The topological polar surface area (TPSA) is 38.3 Å². The summed E-state index contributed by atoms with van der Waals surface area (Å²) in [5, 5.41) is 2.89. The summed E-state index contributed by atoms with van der Waals surface area (Å²) in [6, 6.07) is 9.88. The van der Waals surface area contributed by atoms with Gasteiger partial charge in [-0.1, -0.05) is 50.1 Å². The number of unbranched alkanes of at least 4 members (excludes halogenated alkanes) is 2. The Balaban J connectivity index is 2.19. The van der Waals surface area contributed by atoms with Crippen molar-refractivity contribution in [3.8, 4) is 0 Å². The highest BCUT2D eigenvalue weighted by atomic mass is 16.5. The molecule has 0 aliphatic carbocycles. The van der Waals surface area contributed by atoms with Crippen molar-refractivity contribution in [3.05, 3.63) is 35.9 Å². The molecule has 0 aromatic heterocycles. The van der Waals surface area contributed by atoms with Gasteiger partial charge in [0.05, 0.1) is 6.61 Å². The Morgan fingerprint density at radius 2 is 2.00 bits per heavy atom. The molecule has 1 amide bonds. The Hall–Kier alpha value is -1.35. The molecule has 0 fully saturated rings. The van der Waals surface area contributed by atoms with E-state index in [1.165, 1.54) is 0 Å². The van der Waals surface area contributed by atoms with Gasteiger partial charge in [0, 0.05) is 6.54 Å². The Morgan fingerprint density at radius 1 is 1.28 bits per heavy atom. The van der Waals surface area contributed by atoms with Gasteiger partial charge in [-0.15, -0.1) is 0 Å². The van der Waals surface area contributed by atoms with Crippen LogP contribution < -0.4 is 5.32 Å². The molecule has 0 aliphatic rings. The first-order valence-electron chi connectivity index (χ1n) is 6.67. The largest absolute Gasteiger partial charge is 0.364 e. The van der Waals surface area contributed by atoms with E-state index >= 15 is 0 Å². The SMILES string of the molecule is CCCCCNC(=O)C(C)OCc1ccccc1. The van der Waals surface area contributed by atoms with Gasteiger partial charge in [0.1, 0.15) is 6.10 Å². The number of amides is 1. The van der Waals surface area contributed by atoms with E-state index in [4.69, 9.17) is 4.74 Å². The van der Waals surface area contributed by atoms with Crippen LogP contribution in [0.1, 0.15) is 38.7 Å². The number of nitrogens with one attached hydrogen (secondary N) is 1. The summed E-state index contributed by atoms with van der Waals surface area (Å²) in [5.74, 6) is -0.0259. The molecule has 1 aromatic carbocycles. The molecule has 0 aliphatic heterocycles. The van der Waals surface area contributed by atoms with Crippen molar-refractivity contribution >= 4 is 5.91 Å². The number of hydrogen-bond acceptors (Lipinski definition) is 2. The average Bonchev–Trinajstić information content (AvgIpc) is 2.42. The number of benzene rings is 1. The van der Waals surface area contributed by atoms with Crippen LogP contribution in [0, 0.1) is 0 Å². The van der Waals surface area contributed by atoms with Gasteiger partial charge in [-0.2, -0.15) is 0 Å². The quantitative estimate of drug-likeness (QED) is 0.719. The molecule has 0 heterocycles. The zero-order valence-corrected chi connectivity index (χ0v) is 11.3. The van der Waals surface area contributed by atoms with E-state index in [2.05, 4.69) is 12.2 Å². The van der Waals surface area contributed by atoms with Gasteiger partial charge in [-0.05, 0) is 18.9 Å². The average molecular weight is 249 g/mol. The van der Waals surface area contributed by atoms with E-state index in [-0.39, 0.29) is 5.91 Å². The highest BCUT2D eigenvalue weighted by Gasteiger charge is 2.12. The fourth-order valence-electron chi connectivity index (χ4n) is 1.60. The molecule has 18 heavy (non-hydrogen) atoms. The third-order valence-electron chi connectivity index (χ3n) is 2.79. The van der Waals surface area contributed by atoms with Crippen molar-refractivity contribution in [2.45, 2.75) is 45.8 Å². The van der Waals surface area contributed by atoms with E-state index in [0.717, 1.165) is 31.4 Å². The summed E-state index contributed by atoms with van der Waals surface area (Å²) in [6.07, 6.45) is 2.95. The summed E-state index contributed by atoms with van der Waals surface area (Å²) in [5.41, 5.74) is 1.09. The first-order chi connectivity index (χ1) is 8.74. The Bertz CT molecular complexity index is 338. The molecule has 0 bridgehead atoms. The molecular formula is C15H23NO2. The van der Waals surface area contributed by atoms with Crippen LogP contribution in [-0.4, -0.2) is 18.6 Å². The first kappa shape index (κ1) is 14.7. The minimum absolute atomic E-state index is 0.0259. The predicted molar refractivity (Wildman–Crippen MR) is 73.2 cm³/mol. The third-order valence-corrected chi connectivity index (χ3v) is 2.79. The maximum Gasteiger partial charge on any atom is 0.248 e. The monoisotopic (exact) mass is 249 g/mol. The van der Waals surface area contributed by atoms with Crippen LogP contribution in [-0.2, 0) is 16.1 Å². The second-order valence-corrected chi connectivity index (χ2v) is 4.44. The smallest absolute Gasteiger partial charge is 0.248 e. The lowest BCUT2D eigenvalue weighted by atomic mass is 10.2. The van der Waals surface area contributed by atoms with Crippen LogP contribution in [0.4, 0.5) is 0 Å². The highest BCUT2D eigenvalue weighted by molar-refractivity contribution is 5.80. The minimum atomic E-state index is -0.396. The minimum Gasteiger partial charge on any atom is -0.364 e. The van der Waals surface area contributed by atoms with Gasteiger partial charge in [0.25, 0.3) is 0 Å². The van der Waals surface area contributed by atoms with E-state index < -0.39 is 6.10 Å². The van der Waals surface area contributed by atoms with Crippen molar-refractivity contribution in [2.24, 2.45) is 0 Å². The molecule has 1 aromatic rings. The van der Waals surface area contributed by atoms with Crippen molar-refractivity contribution < 1.29 is 9.53 Å². The van der Waals surface area contributed by atoms with Crippen molar-refractivity contribution in [2.75, 3.05) is 6.54 Å². The van der Waals surface area contributed by atoms with Gasteiger partial charge in [0.15, 0.2) is 0 Å². The van der Waals surface area contributed by atoms with Crippen molar-refractivity contribution in [3.63, 3.8) is 0 Å². The maximum atomic E-state index is 11.7. The fourth-order valence-corrected chi connectivity index (χ4v) is 1.60. The molecular weight excluding hydrogens is 226 g/mol. The lowest BCUT2D eigenvalue weighted by molar-refractivity contribution is -0.132. The lowest BCUT2D eigenvalue weighted by Crippen LogP contribution is -2.35. The third kappa shape index (κ3) is 5.82. The molecule has 0 spiro atoms. The summed E-state index contributed by atoms with van der Waals surface area (Å²) in [7, 11) is 0. The number of carbonyl (C=O) groups excluding carboxylic acids is 1. The Labute approximate surface area is 110 Å². The molecule has 1 atom stereocenters. The van der Waals surface area contributed by atoms with Crippen LogP contribution in [0.15, 0.2) is 30.3 Å². The van der Waals surface area contributed by atoms with Crippen LogP contribution in [0.5, 0.6) is 0 Å². The number of hydrogen-bond donors (Lipinski definition) is 1. The molecule has 3 heteroatoms. The second-order valence-electron chi connectivity index (χ2n) is 4.44. The fraction of sp³-hybridized carbons (Fsp3) is 0.533. The predicted octanol–water partition coefficient (Wildman–Crippen LogP) is 2.90. The van der Waals surface area contributed by atoms with Gasteiger partial charge in [-0.25, -0.2) is 0 Å². The molecule has 1 N–H and O–H groups in total. The Morgan fingerprint density at radius 3 is 2.67 bits per heavy atom. The summed E-state index contributed by atoms with van der Waals surface area (Å²) in [4.78, 5) is 11.7. The molecule has 0 radical (unpaired) electrons. The van der Waals surface area contributed by atoms with Crippen molar-refractivity contribution in [1.29, 1.82) is 0 Å². The number of rotatable bonds is 8. The van der Waals surface area contributed by atoms with Gasteiger partial charge in [-0.3, -0.25) is 4.79 Å². The van der Waals surface area contributed by atoms with E-state index in [1.54, 1.807) is 6.92 Å². The van der Waals surface area contributed by atoms with Gasteiger partial charge < -0.3 is 10.1 Å². The summed E-state index contributed by atoms with van der Waals surface area (Å²) in [6.45, 7) is 5.15.